The zero-order chi connectivity index (χ0) is 19.4. The summed E-state index contributed by atoms with van der Waals surface area (Å²) in [6, 6.07) is 6.52. The first-order valence-electron chi connectivity index (χ1n) is 8.28. The van der Waals surface area contributed by atoms with E-state index in [-0.39, 0.29) is 17.9 Å². The van der Waals surface area contributed by atoms with Gasteiger partial charge in [-0.2, -0.15) is 0 Å². The molecule has 0 atom stereocenters. The van der Waals surface area contributed by atoms with Crippen LogP contribution in [0.4, 0.5) is 5.69 Å². The van der Waals surface area contributed by atoms with Crippen molar-refractivity contribution < 1.29 is 19.1 Å². The Labute approximate surface area is 152 Å². The van der Waals surface area contributed by atoms with E-state index >= 15 is 0 Å². The van der Waals surface area contributed by atoms with E-state index in [2.05, 4.69) is 15.6 Å². The van der Waals surface area contributed by atoms with Crippen LogP contribution in [0.25, 0.3) is 0 Å². The van der Waals surface area contributed by atoms with Crippen molar-refractivity contribution in [2.45, 2.75) is 33.8 Å². The number of esters is 1. The van der Waals surface area contributed by atoms with E-state index in [9.17, 15) is 14.4 Å². The maximum atomic E-state index is 12.5. The summed E-state index contributed by atoms with van der Waals surface area (Å²) in [5.41, 5.74) is 2.82. The Morgan fingerprint density at radius 1 is 1.04 bits per heavy atom. The highest BCUT2D eigenvalue weighted by atomic mass is 16.5. The van der Waals surface area contributed by atoms with Crippen LogP contribution in [0.1, 0.15) is 56.3 Å². The number of carbonyl (C=O) groups excluding carboxylic acids is 3. The maximum absolute atomic E-state index is 12.5. The van der Waals surface area contributed by atoms with Crippen LogP contribution in [0.3, 0.4) is 0 Å². The molecule has 1 aromatic heterocycles. The van der Waals surface area contributed by atoms with E-state index < -0.39 is 5.97 Å². The number of anilines is 1. The van der Waals surface area contributed by atoms with Crippen molar-refractivity contribution in [3.8, 4) is 0 Å². The SMILES string of the molecule is CNC(=O)c1ccc(NC(=O)c2[nH]c(C)c(C(=O)OC(C)C)c2C)cc1. The van der Waals surface area contributed by atoms with Gasteiger partial charge in [0.15, 0.2) is 0 Å². The third-order valence-electron chi connectivity index (χ3n) is 3.84. The number of rotatable bonds is 5. The van der Waals surface area contributed by atoms with Crippen molar-refractivity contribution in [2.24, 2.45) is 0 Å². The molecule has 0 bridgehead atoms. The Balaban J connectivity index is 2.20. The maximum Gasteiger partial charge on any atom is 0.340 e. The number of ether oxygens (including phenoxy) is 1. The molecule has 0 radical (unpaired) electrons. The lowest BCUT2D eigenvalue weighted by Gasteiger charge is -2.08. The fourth-order valence-corrected chi connectivity index (χ4v) is 2.60. The van der Waals surface area contributed by atoms with Crippen LogP contribution >= 0.6 is 0 Å². The summed E-state index contributed by atoms with van der Waals surface area (Å²) in [6.07, 6.45) is -0.243. The van der Waals surface area contributed by atoms with Crippen molar-refractivity contribution in [1.29, 1.82) is 0 Å². The summed E-state index contributed by atoms with van der Waals surface area (Å²) < 4.78 is 5.23. The molecule has 138 valence electrons. The Morgan fingerprint density at radius 2 is 1.65 bits per heavy atom. The van der Waals surface area contributed by atoms with E-state index in [1.165, 1.54) is 0 Å². The summed E-state index contributed by atoms with van der Waals surface area (Å²) >= 11 is 0. The van der Waals surface area contributed by atoms with Crippen LogP contribution < -0.4 is 10.6 Å². The first-order valence-corrected chi connectivity index (χ1v) is 8.28. The lowest BCUT2D eigenvalue weighted by molar-refractivity contribution is 0.0376. The van der Waals surface area contributed by atoms with Gasteiger partial charge < -0.3 is 20.4 Å². The minimum absolute atomic E-state index is 0.202. The second kappa shape index (κ2) is 7.86. The topological polar surface area (TPSA) is 100 Å². The number of H-pyrrole nitrogens is 1. The van der Waals surface area contributed by atoms with Crippen molar-refractivity contribution in [3.63, 3.8) is 0 Å². The van der Waals surface area contributed by atoms with Crippen LogP contribution in [0, 0.1) is 13.8 Å². The van der Waals surface area contributed by atoms with Gasteiger partial charge in [0, 0.05) is 24.0 Å². The molecule has 0 saturated carbocycles. The van der Waals surface area contributed by atoms with Gasteiger partial charge in [-0.25, -0.2) is 4.79 Å². The number of aromatic amines is 1. The Morgan fingerprint density at radius 3 is 2.19 bits per heavy atom. The molecule has 0 aliphatic rings. The van der Waals surface area contributed by atoms with Gasteiger partial charge in [0.2, 0.25) is 0 Å². The van der Waals surface area contributed by atoms with E-state index in [0.717, 1.165) is 0 Å². The zero-order valence-electron chi connectivity index (χ0n) is 15.5. The number of aryl methyl sites for hydroxylation is 1. The van der Waals surface area contributed by atoms with Crippen molar-refractivity contribution in [1.82, 2.24) is 10.3 Å². The predicted molar refractivity (Wildman–Crippen MR) is 98.6 cm³/mol. The van der Waals surface area contributed by atoms with E-state index in [1.807, 2.05) is 0 Å². The Kier molecular flexibility index (Phi) is 5.82. The van der Waals surface area contributed by atoms with E-state index in [0.29, 0.717) is 33.8 Å². The second-order valence-corrected chi connectivity index (χ2v) is 6.19. The number of benzene rings is 1. The first-order chi connectivity index (χ1) is 12.2. The molecule has 1 aromatic carbocycles. The zero-order valence-corrected chi connectivity index (χ0v) is 15.5. The van der Waals surface area contributed by atoms with Gasteiger partial charge in [0.25, 0.3) is 11.8 Å². The molecule has 1 heterocycles. The molecule has 0 spiro atoms. The number of nitrogens with one attached hydrogen (secondary N) is 3. The van der Waals surface area contributed by atoms with Gasteiger partial charge in [0.05, 0.1) is 11.7 Å². The highest BCUT2D eigenvalue weighted by molar-refractivity contribution is 6.07. The summed E-state index contributed by atoms with van der Waals surface area (Å²) in [5.74, 6) is -1.03. The Hall–Kier alpha value is -3.09. The minimum atomic E-state index is -0.458. The average Bonchev–Trinajstić information content (AvgIpc) is 2.88. The van der Waals surface area contributed by atoms with Crippen LogP contribution in [0.2, 0.25) is 0 Å². The molecule has 2 aromatic rings. The Bertz CT molecular complexity index is 835. The molecule has 7 heteroatoms. The molecule has 0 aliphatic heterocycles. The molecular weight excluding hydrogens is 334 g/mol. The number of hydrogen-bond donors (Lipinski definition) is 3. The predicted octanol–water partition coefficient (Wildman–Crippen LogP) is 2.81. The fraction of sp³-hybridized carbons (Fsp3) is 0.316. The van der Waals surface area contributed by atoms with Crippen molar-refractivity contribution >= 4 is 23.5 Å². The minimum Gasteiger partial charge on any atom is -0.459 e. The van der Waals surface area contributed by atoms with Crippen LogP contribution in [-0.2, 0) is 4.74 Å². The van der Waals surface area contributed by atoms with Crippen molar-refractivity contribution in [3.05, 3.63) is 52.3 Å². The van der Waals surface area contributed by atoms with Gasteiger partial charge in [-0.15, -0.1) is 0 Å². The van der Waals surface area contributed by atoms with Gasteiger partial charge in [-0.3, -0.25) is 9.59 Å². The lowest BCUT2D eigenvalue weighted by atomic mass is 10.1. The first kappa shape index (κ1) is 19.2. The molecule has 2 amide bonds. The van der Waals surface area contributed by atoms with E-state index in [1.54, 1.807) is 59.0 Å². The summed E-state index contributed by atoms with van der Waals surface area (Å²) in [4.78, 5) is 39.3. The van der Waals surface area contributed by atoms with Crippen LogP contribution in [-0.4, -0.2) is 35.9 Å². The molecule has 0 saturated heterocycles. The second-order valence-electron chi connectivity index (χ2n) is 6.19. The molecule has 0 fully saturated rings. The van der Waals surface area contributed by atoms with Gasteiger partial charge in [-0.1, -0.05) is 0 Å². The number of amides is 2. The van der Waals surface area contributed by atoms with Gasteiger partial charge in [0.1, 0.15) is 5.69 Å². The number of carbonyl (C=O) groups is 3. The number of hydrogen-bond acceptors (Lipinski definition) is 4. The molecule has 7 nitrogen and oxygen atoms in total. The third kappa shape index (κ3) is 4.11. The molecular formula is C19H23N3O4. The monoisotopic (exact) mass is 357 g/mol. The highest BCUT2D eigenvalue weighted by Crippen LogP contribution is 2.21. The van der Waals surface area contributed by atoms with E-state index in [4.69, 9.17) is 4.74 Å². The lowest BCUT2D eigenvalue weighted by Crippen LogP contribution is -2.18. The summed E-state index contributed by atoms with van der Waals surface area (Å²) in [6.45, 7) is 6.96. The van der Waals surface area contributed by atoms with Crippen LogP contribution in [0.15, 0.2) is 24.3 Å². The fourth-order valence-electron chi connectivity index (χ4n) is 2.60. The smallest absolute Gasteiger partial charge is 0.340 e. The molecule has 0 aliphatic carbocycles. The molecule has 2 rings (SSSR count). The average molecular weight is 357 g/mol. The quantitative estimate of drug-likeness (QED) is 0.716. The number of aromatic nitrogens is 1. The standard InChI is InChI=1S/C19H23N3O4/c1-10(2)26-19(25)15-11(3)16(21-12(15)4)18(24)22-14-8-6-13(7-9-14)17(23)20-5/h6-10,21H,1-5H3,(H,20,23)(H,22,24). The largest absolute Gasteiger partial charge is 0.459 e. The molecule has 26 heavy (non-hydrogen) atoms. The third-order valence-corrected chi connectivity index (χ3v) is 3.84. The normalized spacial score (nSPS) is 10.5. The van der Waals surface area contributed by atoms with Crippen LogP contribution in [0.5, 0.6) is 0 Å². The van der Waals surface area contributed by atoms with Gasteiger partial charge in [-0.05, 0) is 57.5 Å². The molecule has 3 N–H and O–H groups in total. The highest BCUT2D eigenvalue weighted by Gasteiger charge is 2.23. The molecule has 0 unspecified atom stereocenters. The summed E-state index contributed by atoms with van der Waals surface area (Å²) in [7, 11) is 1.55. The van der Waals surface area contributed by atoms with Gasteiger partial charge >= 0.3 is 5.97 Å². The van der Waals surface area contributed by atoms with Crippen molar-refractivity contribution in [2.75, 3.05) is 12.4 Å². The summed E-state index contributed by atoms with van der Waals surface area (Å²) in [5, 5.41) is 5.28.